The lowest BCUT2D eigenvalue weighted by Gasteiger charge is -2.23. The van der Waals surface area contributed by atoms with Crippen LogP contribution in [0.25, 0.3) is 5.76 Å². The summed E-state index contributed by atoms with van der Waals surface area (Å²) >= 11 is 7.04. The first-order valence-corrected chi connectivity index (χ1v) is 13.4. The van der Waals surface area contributed by atoms with Crippen LogP contribution < -0.4 is 9.64 Å². The number of amides is 1. The first kappa shape index (κ1) is 27.3. The fraction of sp³-hybridized carbons (Fsp3) is 0.286. The highest BCUT2D eigenvalue weighted by atomic mass is 35.5. The van der Waals surface area contributed by atoms with Crippen molar-refractivity contribution in [1.82, 2.24) is 4.98 Å². The Morgan fingerprint density at radius 1 is 1.11 bits per heavy atom. The maximum Gasteiger partial charge on any atom is 0.350 e. The standard InChI is InChI=1S/C28H27ClN2O6S/c1-4-6-15-37-20-13-9-18(10-14-20)23(32)21-22(17-7-11-19(29)12-8-17)31(26(34)24(21)33)28-30-16(3)25(38-28)27(35)36-5-2/h7-14,22,32H,4-6,15H2,1-3H3/t22-/m0/s1. The number of hydrogen-bond acceptors (Lipinski definition) is 8. The van der Waals surface area contributed by atoms with Crippen LogP contribution in [0.5, 0.6) is 5.75 Å². The van der Waals surface area contributed by atoms with Crippen molar-refractivity contribution in [3.8, 4) is 5.75 Å². The fourth-order valence-corrected chi connectivity index (χ4v) is 5.17. The number of hydrogen-bond donors (Lipinski definition) is 1. The molecule has 0 unspecified atom stereocenters. The number of anilines is 1. The summed E-state index contributed by atoms with van der Waals surface area (Å²) in [6, 6.07) is 12.3. The summed E-state index contributed by atoms with van der Waals surface area (Å²) in [7, 11) is 0. The van der Waals surface area contributed by atoms with Gasteiger partial charge in [-0.3, -0.25) is 14.5 Å². The second kappa shape index (κ2) is 11.8. The van der Waals surface area contributed by atoms with Crippen LogP contribution in [0.1, 0.15) is 59.2 Å². The number of thiazole rings is 1. The first-order chi connectivity index (χ1) is 18.3. The van der Waals surface area contributed by atoms with E-state index >= 15 is 0 Å². The summed E-state index contributed by atoms with van der Waals surface area (Å²) in [5.41, 5.74) is 1.17. The fourth-order valence-electron chi connectivity index (χ4n) is 4.06. The highest BCUT2D eigenvalue weighted by Gasteiger charge is 2.48. The molecule has 10 heteroatoms. The van der Waals surface area contributed by atoms with E-state index in [1.54, 1.807) is 62.4 Å². The van der Waals surface area contributed by atoms with Crippen LogP contribution in [0.3, 0.4) is 0 Å². The number of aromatic nitrogens is 1. The van der Waals surface area contributed by atoms with Crippen LogP contribution in [-0.4, -0.2) is 41.0 Å². The number of carbonyl (C=O) groups excluding carboxylic acids is 3. The van der Waals surface area contributed by atoms with Gasteiger partial charge in [0, 0.05) is 10.6 Å². The lowest BCUT2D eigenvalue weighted by molar-refractivity contribution is -0.132. The van der Waals surface area contributed by atoms with E-state index in [0.717, 1.165) is 24.2 Å². The molecule has 1 amide bonds. The van der Waals surface area contributed by atoms with Crippen LogP contribution in [0, 0.1) is 6.92 Å². The summed E-state index contributed by atoms with van der Waals surface area (Å²) in [5.74, 6) is -1.99. The van der Waals surface area contributed by atoms with E-state index in [1.807, 2.05) is 0 Å². The second-order valence-corrected chi connectivity index (χ2v) is 9.99. The number of halogens is 1. The van der Waals surface area contributed by atoms with E-state index in [-0.39, 0.29) is 27.9 Å². The molecule has 0 bridgehead atoms. The molecule has 1 aliphatic rings. The number of Topliss-reactive ketones (excluding diaryl/α,β-unsaturated/α-hetero) is 1. The molecule has 38 heavy (non-hydrogen) atoms. The lowest BCUT2D eigenvalue weighted by atomic mass is 9.95. The maximum absolute atomic E-state index is 13.4. The van der Waals surface area contributed by atoms with Crippen molar-refractivity contribution in [3.63, 3.8) is 0 Å². The molecule has 3 aromatic rings. The molecule has 198 valence electrons. The minimum Gasteiger partial charge on any atom is -0.507 e. The highest BCUT2D eigenvalue weighted by Crippen LogP contribution is 2.44. The molecule has 1 N–H and O–H groups in total. The number of nitrogens with zero attached hydrogens (tertiary/aromatic N) is 2. The molecule has 1 aromatic heterocycles. The largest absolute Gasteiger partial charge is 0.507 e. The van der Waals surface area contributed by atoms with Crippen molar-refractivity contribution in [2.24, 2.45) is 0 Å². The molecule has 1 aliphatic heterocycles. The van der Waals surface area contributed by atoms with Crippen molar-refractivity contribution in [1.29, 1.82) is 0 Å². The summed E-state index contributed by atoms with van der Waals surface area (Å²) in [6.45, 7) is 6.15. The van der Waals surface area contributed by atoms with Gasteiger partial charge in [-0.05, 0) is 62.2 Å². The minimum absolute atomic E-state index is 0.0949. The van der Waals surface area contributed by atoms with Crippen molar-refractivity contribution < 1.29 is 29.0 Å². The molecule has 0 radical (unpaired) electrons. The number of ketones is 1. The summed E-state index contributed by atoms with van der Waals surface area (Å²) in [4.78, 5) is 45.0. The van der Waals surface area contributed by atoms with Crippen LogP contribution in [0.4, 0.5) is 5.13 Å². The SMILES string of the molecule is CCCCOc1ccc(C(O)=C2C(=O)C(=O)N(c3nc(C)c(C(=O)OCC)s3)[C@H]2c2ccc(Cl)cc2)cc1. The normalized spacial score (nSPS) is 16.6. The molecule has 1 saturated heterocycles. The van der Waals surface area contributed by atoms with Gasteiger partial charge in [0.15, 0.2) is 5.13 Å². The third-order valence-electron chi connectivity index (χ3n) is 5.98. The quantitative estimate of drug-likeness (QED) is 0.112. The average molecular weight is 555 g/mol. The Hall–Kier alpha value is -3.69. The maximum atomic E-state index is 13.4. The van der Waals surface area contributed by atoms with Gasteiger partial charge in [-0.25, -0.2) is 9.78 Å². The summed E-state index contributed by atoms with van der Waals surface area (Å²) < 4.78 is 10.8. The third kappa shape index (κ3) is 5.44. The Bertz CT molecular complexity index is 1380. The van der Waals surface area contributed by atoms with E-state index in [4.69, 9.17) is 21.1 Å². The molecule has 1 fully saturated rings. The Kier molecular flexibility index (Phi) is 8.48. The van der Waals surface area contributed by atoms with E-state index in [9.17, 15) is 19.5 Å². The predicted molar refractivity (Wildman–Crippen MR) is 146 cm³/mol. The van der Waals surface area contributed by atoms with Gasteiger partial charge >= 0.3 is 11.9 Å². The Labute approximate surface area is 229 Å². The number of ether oxygens (including phenoxy) is 2. The molecule has 1 atom stereocenters. The van der Waals surface area contributed by atoms with Gasteiger partial charge in [-0.15, -0.1) is 0 Å². The van der Waals surface area contributed by atoms with Crippen molar-refractivity contribution in [2.45, 2.75) is 39.7 Å². The second-order valence-electron chi connectivity index (χ2n) is 8.58. The molecular formula is C28H27ClN2O6S. The Balaban J connectivity index is 1.80. The first-order valence-electron chi connectivity index (χ1n) is 12.2. The highest BCUT2D eigenvalue weighted by molar-refractivity contribution is 7.17. The van der Waals surface area contributed by atoms with Crippen LogP contribution in [0.15, 0.2) is 54.1 Å². The van der Waals surface area contributed by atoms with E-state index in [2.05, 4.69) is 11.9 Å². The number of carbonyl (C=O) groups is 3. The Morgan fingerprint density at radius 2 is 1.79 bits per heavy atom. The molecule has 2 heterocycles. The summed E-state index contributed by atoms with van der Waals surface area (Å²) in [5, 5.41) is 11.9. The average Bonchev–Trinajstić information content (AvgIpc) is 3.41. The zero-order chi connectivity index (χ0) is 27.4. The molecule has 8 nitrogen and oxygen atoms in total. The summed E-state index contributed by atoms with van der Waals surface area (Å²) in [6.07, 6.45) is 1.92. The number of rotatable bonds is 9. The van der Waals surface area contributed by atoms with Gasteiger partial charge in [-0.2, -0.15) is 0 Å². The van der Waals surface area contributed by atoms with Gasteiger partial charge < -0.3 is 14.6 Å². The topological polar surface area (TPSA) is 106 Å². The van der Waals surface area contributed by atoms with Crippen molar-refractivity contribution in [3.05, 3.63) is 80.8 Å². The lowest BCUT2D eigenvalue weighted by Crippen LogP contribution is -2.29. The van der Waals surface area contributed by atoms with E-state index < -0.39 is 23.7 Å². The third-order valence-corrected chi connectivity index (χ3v) is 7.37. The molecule has 4 rings (SSSR count). The number of aliphatic hydroxyl groups is 1. The monoisotopic (exact) mass is 554 g/mol. The van der Waals surface area contributed by atoms with Crippen LogP contribution in [0.2, 0.25) is 5.02 Å². The molecule has 2 aromatic carbocycles. The Morgan fingerprint density at radius 3 is 2.42 bits per heavy atom. The molecular weight excluding hydrogens is 528 g/mol. The molecule has 0 saturated carbocycles. The number of esters is 1. The number of aryl methyl sites for hydroxylation is 1. The molecule has 0 aliphatic carbocycles. The van der Waals surface area contributed by atoms with Gasteiger partial charge in [0.05, 0.1) is 30.5 Å². The minimum atomic E-state index is -0.992. The molecule has 0 spiro atoms. The smallest absolute Gasteiger partial charge is 0.350 e. The number of unbranched alkanes of at least 4 members (excludes halogenated alkanes) is 1. The van der Waals surface area contributed by atoms with Crippen molar-refractivity contribution >= 4 is 51.5 Å². The predicted octanol–water partition coefficient (Wildman–Crippen LogP) is 6.09. The van der Waals surface area contributed by atoms with Gasteiger partial charge in [-0.1, -0.05) is 48.4 Å². The van der Waals surface area contributed by atoms with E-state index in [0.29, 0.717) is 34.2 Å². The van der Waals surface area contributed by atoms with Gasteiger partial charge in [0.25, 0.3) is 5.78 Å². The van der Waals surface area contributed by atoms with Crippen LogP contribution >= 0.6 is 22.9 Å². The number of benzene rings is 2. The van der Waals surface area contributed by atoms with Crippen LogP contribution in [-0.2, 0) is 14.3 Å². The zero-order valence-corrected chi connectivity index (χ0v) is 22.8. The number of aliphatic hydroxyl groups excluding tert-OH is 1. The zero-order valence-electron chi connectivity index (χ0n) is 21.2. The van der Waals surface area contributed by atoms with Crippen molar-refractivity contribution in [2.75, 3.05) is 18.1 Å². The van der Waals surface area contributed by atoms with Gasteiger partial charge in [0.2, 0.25) is 0 Å². The van der Waals surface area contributed by atoms with Gasteiger partial charge in [0.1, 0.15) is 16.4 Å². The van der Waals surface area contributed by atoms with E-state index in [1.165, 1.54) is 4.90 Å².